The smallest absolute Gasteiger partial charge is 0.173 e. The molecule has 2 heteroatoms. The number of benzene rings is 1. The van der Waals surface area contributed by atoms with Crippen LogP contribution >= 0.6 is 11.8 Å². The van der Waals surface area contributed by atoms with Crippen LogP contribution in [0.2, 0.25) is 0 Å². The highest BCUT2D eigenvalue weighted by molar-refractivity contribution is 7.99. The molecule has 18 heavy (non-hydrogen) atoms. The zero-order chi connectivity index (χ0) is 13.7. The highest BCUT2D eigenvalue weighted by atomic mass is 32.2. The predicted octanol–water partition coefficient (Wildman–Crippen LogP) is 4.57. The molecule has 0 aliphatic rings. The molecule has 0 N–H and O–H groups in total. The topological polar surface area (TPSA) is 17.1 Å². The second kappa shape index (κ2) is 6.98. The van der Waals surface area contributed by atoms with E-state index in [1.54, 1.807) is 11.8 Å². The van der Waals surface area contributed by atoms with Gasteiger partial charge in [0.1, 0.15) is 0 Å². The maximum Gasteiger partial charge on any atom is 0.173 e. The van der Waals surface area contributed by atoms with E-state index in [-0.39, 0.29) is 5.78 Å². The first-order chi connectivity index (χ1) is 8.45. The number of aryl methyl sites for hydroxylation is 3. The van der Waals surface area contributed by atoms with E-state index in [1.165, 1.54) is 12.0 Å². The Bertz CT molecular complexity index is 400. The lowest BCUT2D eigenvalue weighted by atomic mass is 9.97. The minimum atomic E-state index is 0.276. The minimum absolute atomic E-state index is 0.276. The van der Waals surface area contributed by atoms with Crippen LogP contribution in [0.15, 0.2) is 12.1 Å². The van der Waals surface area contributed by atoms with Crippen molar-refractivity contribution in [2.75, 3.05) is 11.5 Å². The summed E-state index contributed by atoms with van der Waals surface area (Å²) in [4.78, 5) is 12.2. The Kier molecular flexibility index (Phi) is 5.94. The SMILES string of the molecule is CCC(C)CSCC(=O)c1c(C)cc(C)cc1C. The fourth-order valence-electron chi connectivity index (χ4n) is 2.16. The van der Waals surface area contributed by atoms with E-state index < -0.39 is 0 Å². The summed E-state index contributed by atoms with van der Waals surface area (Å²) in [6.07, 6.45) is 1.18. The predicted molar refractivity (Wildman–Crippen MR) is 81.8 cm³/mol. The Morgan fingerprint density at radius 3 is 2.28 bits per heavy atom. The molecule has 0 bridgehead atoms. The van der Waals surface area contributed by atoms with Gasteiger partial charge in [0, 0.05) is 5.56 Å². The Hall–Kier alpha value is -0.760. The van der Waals surface area contributed by atoms with E-state index in [0.717, 1.165) is 22.4 Å². The van der Waals surface area contributed by atoms with E-state index in [4.69, 9.17) is 0 Å². The van der Waals surface area contributed by atoms with Crippen LogP contribution in [0, 0.1) is 26.7 Å². The molecule has 1 rings (SSSR count). The summed E-state index contributed by atoms with van der Waals surface area (Å²) in [5.41, 5.74) is 4.38. The van der Waals surface area contributed by atoms with E-state index in [9.17, 15) is 4.79 Å². The van der Waals surface area contributed by atoms with E-state index >= 15 is 0 Å². The summed E-state index contributed by atoms with van der Waals surface area (Å²) < 4.78 is 0. The molecule has 0 amide bonds. The molecule has 1 aromatic carbocycles. The number of hydrogen-bond donors (Lipinski definition) is 0. The second-order valence-corrected chi connectivity index (χ2v) is 6.26. The Morgan fingerprint density at radius 1 is 1.22 bits per heavy atom. The maximum atomic E-state index is 12.2. The van der Waals surface area contributed by atoms with Gasteiger partial charge in [-0.05, 0) is 43.6 Å². The first-order valence-corrected chi connectivity index (χ1v) is 7.80. The van der Waals surface area contributed by atoms with Gasteiger partial charge in [0.2, 0.25) is 0 Å². The van der Waals surface area contributed by atoms with Crippen molar-refractivity contribution in [2.45, 2.75) is 41.0 Å². The molecule has 1 unspecified atom stereocenters. The van der Waals surface area contributed by atoms with Crippen LogP contribution in [0.5, 0.6) is 0 Å². The monoisotopic (exact) mass is 264 g/mol. The van der Waals surface area contributed by atoms with Gasteiger partial charge in [-0.15, -0.1) is 0 Å². The van der Waals surface area contributed by atoms with Crippen molar-refractivity contribution in [1.82, 2.24) is 0 Å². The van der Waals surface area contributed by atoms with E-state index in [2.05, 4.69) is 32.9 Å². The fraction of sp³-hybridized carbons (Fsp3) is 0.562. The molecule has 0 aliphatic carbocycles. The first kappa shape index (κ1) is 15.3. The number of rotatable bonds is 6. The van der Waals surface area contributed by atoms with Gasteiger partial charge in [-0.1, -0.05) is 38.0 Å². The zero-order valence-electron chi connectivity index (χ0n) is 12.2. The van der Waals surface area contributed by atoms with Crippen LogP contribution in [-0.4, -0.2) is 17.3 Å². The van der Waals surface area contributed by atoms with Crippen molar-refractivity contribution in [3.63, 3.8) is 0 Å². The first-order valence-electron chi connectivity index (χ1n) is 6.64. The number of carbonyl (C=O) groups is 1. The zero-order valence-corrected chi connectivity index (χ0v) is 13.0. The summed E-state index contributed by atoms with van der Waals surface area (Å²) >= 11 is 1.76. The molecule has 0 heterocycles. The largest absolute Gasteiger partial charge is 0.293 e. The summed E-state index contributed by atoms with van der Waals surface area (Å²) in [6.45, 7) is 10.6. The summed E-state index contributed by atoms with van der Waals surface area (Å²) in [7, 11) is 0. The van der Waals surface area contributed by atoms with Crippen LogP contribution in [-0.2, 0) is 0 Å². The summed E-state index contributed by atoms with van der Waals surface area (Å²) in [5, 5.41) is 0. The standard InChI is InChI=1S/C16H24OS/c1-6-11(2)9-18-10-15(17)16-13(4)7-12(3)8-14(16)5/h7-8,11H,6,9-10H2,1-5H3. The molecule has 0 saturated carbocycles. The lowest BCUT2D eigenvalue weighted by molar-refractivity contribution is 0.102. The van der Waals surface area contributed by atoms with Crippen molar-refractivity contribution >= 4 is 17.5 Å². The lowest BCUT2D eigenvalue weighted by Gasteiger charge is -2.11. The van der Waals surface area contributed by atoms with Gasteiger partial charge in [0.05, 0.1) is 5.75 Å². The quantitative estimate of drug-likeness (QED) is 0.700. The highest BCUT2D eigenvalue weighted by Crippen LogP contribution is 2.20. The molecule has 0 spiro atoms. The molecule has 1 aromatic rings. The molecular weight excluding hydrogens is 240 g/mol. The molecule has 0 aliphatic heterocycles. The average Bonchev–Trinajstić information content (AvgIpc) is 2.27. The number of thioether (sulfide) groups is 1. The van der Waals surface area contributed by atoms with Crippen LogP contribution < -0.4 is 0 Å². The highest BCUT2D eigenvalue weighted by Gasteiger charge is 2.13. The van der Waals surface area contributed by atoms with E-state index in [1.807, 2.05) is 13.8 Å². The van der Waals surface area contributed by atoms with E-state index in [0.29, 0.717) is 11.7 Å². The number of Topliss-reactive ketones (excluding diaryl/α,β-unsaturated/α-hetero) is 1. The normalized spacial score (nSPS) is 12.5. The Labute approximate surface area is 115 Å². The van der Waals surface area contributed by atoms with Gasteiger partial charge in [0.25, 0.3) is 0 Å². The molecule has 0 radical (unpaired) electrons. The number of carbonyl (C=O) groups excluding carboxylic acids is 1. The minimum Gasteiger partial charge on any atom is -0.293 e. The molecule has 100 valence electrons. The number of ketones is 1. The van der Waals surface area contributed by atoms with Gasteiger partial charge in [0.15, 0.2) is 5.78 Å². The lowest BCUT2D eigenvalue weighted by Crippen LogP contribution is -2.09. The van der Waals surface area contributed by atoms with Crippen molar-refractivity contribution in [2.24, 2.45) is 5.92 Å². The van der Waals surface area contributed by atoms with Crippen LogP contribution in [0.3, 0.4) is 0 Å². The summed E-state index contributed by atoms with van der Waals surface area (Å²) in [5.74, 6) is 2.66. The van der Waals surface area contributed by atoms with Gasteiger partial charge >= 0.3 is 0 Å². The van der Waals surface area contributed by atoms with Crippen LogP contribution in [0.4, 0.5) is 0 Å². The maximum absolute atomic E-state index is 12.2. The third kappa shape index (κ3) is 4.16. The van der Waals surface area contributed by atoms with Gasteiger partial charge in [-0.25, -0.2) is 0 Å². The van der Waals surface area contributed by atoms with Crippen molar-refractivity contribution in [3.8, 4) is 0 Å². The average molecular weight is 264 g/mol. The number of hydrogen-bond acceptors (Lipinski definition) is 2. The third-order valence-electron chi connectivity index (χ3n) is 3.29. The summed E-state index contributed by atoms with van der Waals surface area (Å²) in [6, 6.07) is 4.19. The molecule has 0 aromatic heterocycles. The molecular formula is C16H24OS. The molecule has 0 fully saturated rings. The van der Waals surface area contributed by atoms with Gasteiger partial charge in [-0.2, -0.15) is 11.8 Å². The molecule has 1 nitrogen and oxygen atoms in total. The van der Waals surface area contributed by atoms with Gasteiger partial charge in [-0.3, -0.25) is 4.79 Å². The third-order valence-corrected chi connectivity index (χ3v) is 4.56. The van der Waals surface area contributed by atoms with Crippen LogP contribution in [0.1, 0.15) is 47.3 Å². The Balaban J connectivity index is 2.67. The van der Waals surface area contributed by atoms with Crippen molar-refractivity contribution < 1.29 is 4.79 Å². The van der Waals surface area contributed by atoms with Crippen LogP contribution in [0.25, 0.3) is 0 Å². The molecule has 0 saturated heterocycles. The van der Waals surface area contributed by atoms with Crippen molar-refractivity contribution in [1.29, 1.82) is 0 Å². The fourth-order valence-corrected chi connectivity index (χ4v) is 3.25. The Morgan fingerprint density at radius 2 is 1.78 bits per heavy atom. The van der Waals surface area contributed by atoms with Crippen molar-refractivity contribution in [3.05, 3.63) is 34.4 Å². The second-order valence-electron chi connectivity index (χ2n) is 5.23. The van der Waals surface area contributed by atoms with Gasteiger partial charge < -0.3 is 0 Å². The molecule has 1 atom stereocenters.